The quantitative estimate of drug-likeness (QED) is 0.118. The fourth-order valence-electron chi connectivity index (χ4n) is 10.7. The van der Waals surface area contributed by atoms with E-state index in [4.69, 9.17) is 4.98 Å². The van der Waals surface area contributed by atoms with Crippen molar-refractivity contribution < 1.29 is 36.1 Å². The smallest absolute Gasteiger partial charge is 0.132 e. The third-order valence-corrected chi connectivity index (χ3v) is 14.8. The first-order valence-corrected chi connectivity index (χ1v) is 26.0. The maximum atomic E-state index is 12.9. The van der Waals surface area contributed by atoms with Gasteiger partial charge in [-0.25, -0.2) is 4.98 Å². The van der Waals surface area contributed by atoms with E-state index in [2.05, 4.69) is 247 Å². The molecule has 75 heavy (non-hydrogen) atoms. The summed E-state index contributed by atoms with van der Waals surface area (Å²) < 4.78 is 4.67. The van der Waals surface area contributed by atoms with E-state index in [9.17, 15) is 10.2 Å². The van der Waals surface area contributed by atoms with Crippen LogP contribution in [0, 0.1) is 28.7 Å². The van der Waals surface area contributed by atoms with Crippen molar-refractivity contribution in [2.75, 3.05) is 0 Å². The van der Waals surface area contributed by atoms with Gasteiger partial charge < -0.3 is 34.2 Å². The average Bonchev–Trinajstić information content (AvgIpc) is 3.84. The molecule has 3 heterocycles. The number of rotatable bonds is 8. The number of aryl methyl sites for hydroxylation is 4. The van der Waals surface area contributed by atoms with Crippen LogP contribution in [-0.2, 0) is 60.6 Å². The molecule has 390 valence electrons. The van der Waals surface area contributed by atoms with Crippen LogP contribution in [0.4, 0.5) is 0 Å². The Morgan fingerprint density at radius 1 is 0.413 bits per heavy atom. The number of fused-ring (bicyclic) bond motifs is 2. The molecule has 9 rings (SSSR count). The molecule has 0 atom stereocenters. The van der Waals surface area contributed by atoms with Gasteiger partial charge in [0.2, 0.25) is 0 Å². The van der Waals surface area contributed by atoms with Crippen molar-refractivity contribution >= 4 is 21.8 Å². The predicted octanol–water partition coefficient (Wildman–Crippen LogP) is 19.1. The van der Waals surface area contributed by atoms with E-state index in [1.54, 1.807) is 0 Å². The summed E-state index contributed by atoms with van der Waals surface area (Å²) in [6, 6.07) is 45.7. The molecule has 0 aliphatic rings. The van der Waals surface area contributed by atoms with Gasteiger partial charge in [-0.2, -0.15) is 0 Å². The monoisotopic (exact) mass is 1160 g/mol. The van der Waals surface area contributed by atoms with Gasteiger partial charge in [0.1, 0.15) is 11.5 Å². The van der Waals surface area contributed by atoms with E-state index in [1.165, 1.54) is 22.3 Å². The van der Waals surface area contributed by atoms with E-state index < -0.39 is 0 Å². The molecule has 0 amide bonds. The first-order chi connectivity index (χ1) is 33.8. The third kappa shape index (κ3) is 10.8. The molecule has 9 aromatic rings. The van der Waals surface area contributed by atoms with Crippen LogP contribution in [0.15, 0.2) is 127 Å². The minimum Gasteiger partial charge on any atom is -0.507 e. The Balaban J connectivity index is 0.00000305. The van der Waals surface area contributed by atoms with Gasteiger partial charge in [-0.15, -0.1) is 0 Å². The molecule has 6 heteroatoms. The summed E-state index contributed by atoms with van der Waals surface area (Å²) in [7, 11) is 0. The molecular weight excluding hydrogens is 1080 g/mol. The van der Waals surface area contributed by atoms with Crippen LogP contribution in [0.25, 0.3) is 89.1 Å². The number of phenols is 2. The van der Waals surface area contributed by atoms with E-state index in [0.717, 1.165) is 100 Å². The second-order valence-electron chi connectivity index (χ2n) is 24.4. The van der Waals surface area contributed by atoms with Crippen LogP contribution >= 0.6 is 0 Å². The first-order valence-electron chi connectivity index (χ1n) is 26.0. The van der Waals surface area contributed by atoms with Crippen molar-refractivity contribution in [3.8, 4) is 78.8 Å². The maximum Gasteiger partial charge on any atom is 0.132 e. The zero-order chi connectivity index (χ0) is 52.0. The van der Waals surface area contributed by atoms with Gasteiger partial charge in [-0.1, -0.05) is 162 Å². The predicted molar refractivity (Wildman–Crippen MR) is 320 cm³/mol. The summed E-state index contributed by atoms with van der Waals surface area (Å²) in [6.07, 6.45) is 0. The molecule has 0 saturated heterocycles. The fraction of sp³-hybridized carbons (Fsp3) is 0.319. The molecule has 6 aromatic carbocycles. The molecule has 0 aliphatic heterocycles. The van der Waals surface area contributed by atoms with Crippen molar-refractivity contribution in [1.82, 2.24) is 14.1 Å². The summed E-state index contributed by atoms with van der Waals surface area (Å²) in [5, 5.41) is 27.9. The minimum absolute atomic E-state index is 0. The zero-order valence-electron chi connectivity index (χ0n) is 48.3. The number of hydrogen-bond acceptors (Lipinski definition) is 3. The molecule has 2 N–H and O–H groups in total. The Kier molecular flexibility index (Phi) is 16.5. The van der Waals surface area contributed by atoms with Gasteiger partial charge in [-0.05, 0) is 142 Å². The summed E-state index contributed by atoms with van der Waals surface area (Å²) in [5.74, 6) is 0.506. The Labute approximate surface area is 468 Å². The summed E-state index contributed by atoms with van der Waals surface area (Å²) in [4.78, 5) is 5.71. The molecule has 0 radical (unpaired) electrons. The van der Waals surface area contributed by atoms with Crippen LogP contribution in [0.1, 0.15) is 130 Å². The van der Waals surface area contributed by atoms with Crippen LogP contribution in [0.5, 0.6) is 11.5 Å². The minimum atomic E-state index is -0.0886. The molecular formula is C69H81HfN3O2-2. The number of nitrogens with zero attached hydrogens (tertiary/aromatic N) is 3. The van der Waals surface area contributed by atoms with E-state index in [-0.39, 0.29) is 73.9 Å². The number of para-hydroxylation sites is 2. The Morgan fingerprint density at radius 2 is 0.720 bits per heavy atom. The van der Waals surface area contributed by atoms with Gasteiger partial charge in [0, 0.05) is 94.1 Å². The number of pyridine rings is 1. The van der Waals surface area contributed by atoms with Gasteiger partial charge in [0.25, 0.3) is 0 Å². The third-order valence-electron chi connectivity index (χ3n) is 14.8. The van der Waals surface area contributed by atoms with Crippen molar-refractivity contribution in [2.45, 2.75) is 146 Å². The van der Waals surface area contributed by atoms with Crippen molar-refractivity contribution in [2.24, 2.45) is 0 Å². The van der Waals surface area contributed by atoms with Crippen LogP contribution in [0.3, 0.4) is 0 Å². The normalized spacial score (nSPS) is 12.2. The van der Waals surface area contributed by atoms with Crippen LogP contribution < -0.4 is 0 Å². The molecule has 3 aromatic heterocycles. The molecule has 0 saturated carbocycles. The number of benzene rings is 6. The van der Waals surface area contributed by atoms with E-state index >= 15 is 0 Å². The summed E-state index contributed by atoms with van der Waals surface area (Å²) in [5.41, 5.74) is 19.5. The number of aromatic hydroxyl groups is 2. The van der Waals surface area contributed by atoms with Crippen molar-refractivity contribution in [3.05, 3.63) is 176 Å². The first kappa shape index (κ1) is 58.3. The fourth-order valence-corrected chi connectivity index (χ4v) is 10.7. The van der Waals surface area contributed by atoms with Crippen LogP contribution in [0.2, 0.25) is 0 Å². The second kappa shape index (κ2) is 21.2. The SMILES string of the molecule is CCn1c(-c2cc(C)cc(-c3cc(C(C)(C)C)cc(C(C)(C)C)c3)c2O)c(-c2cccc(-c3c(-c4cc(C)cc(-c5cc(C(C)(C)C)cc(C(C)(C)C)c5)c4O)n(CC)c4ccccc34)n2)c2ccccc21.[CH3-].[CH3-].[Hf]. The molecule has 0 bridgehead atoms. The van der Waals surface area contributed by atoms with E-state index in [1.807, 2.05) is 0 Å². The van der Waals surface area contributed by atoms with Crippen molar-refractivity contribution in [1.29, 1.82) is 0 Å². The number of phenolic OH excluding ortho intramolecular Hbond substituents is 2. The Bertz CT molecular complexity index is 3280. The second-order valence-corrected chi connectivity index (χ2v) is 24.4. The standard InChI is InChI=1S/C67H75N3O2.2CH3.Hf/c1-17-69-56-28-21-19-24-48(56)58(60(69)52-32-40(3)30-50(62(52)71)42-34-44(64(5,6)7)38-45(35-42)65(8,9)10)54-26-23-27-55(68-54)59-49-25-20-22-29-57(49)70(18-2)61(59)53-33-41(4)31-51(63(53)72)43-36-46(66(11,12)13)39-47(37-43)67(14,15)16;;;/h19-39,71-72H,17-18H2,1-16H3;2*1H3;/q;2*-1;. The number of aromatic nitrogens is 3. The van der Waals surface area contributed by atoms with Gasteiger partial charge >= 0.3 is 0 Å². The summed E-state index contributed by atoms with van der Waals surface area (Å²) in [6.45, 7) is 37.1. The molecule has 0 fully saturated rings. The average molecular weight is 1160 g/mol. The van der Waals surface area contributed by atoms with Gasteiger partial charge in [-0.3, -0.25) is 0 Å². The maximum absolute atomic E-state index is 12.9. The molecule has 0 aliphatic carbocycles. The summed E-state index contributed by atoms with van der Waals surface area (Å²) >= 11 is 0. The molecule has 5 nitrogen and oxygen atoms in total. The van der Waals surface area contributed by atoms with E-state index in [0.29, 0.717) is 13.1 Å². The largest absolute Gasteiger partial charge is 0.507 e. The molecule has 0 unspecified atom stereocenters. The van der Waals surface area contributed by atoms with Crippen LogP contribution in [-0.4, -0.2) is 24.3 Å². The topological polar surface area (TPSA) is 63.2 Å². The van der Waals surface area contributed by atoms with Gasteiger partial charge in [0.15, 0.2) is 0 Å². The Hall–Kier alpha value is -5.98. The Morgan fingerprint density at radius 3 is 1.03 bits per heavy atom. The van der Waals surface area contributed by atoms with Crippen molar-refractivity contribution in [3.63, 3.8) is 0 Å². The molecule has 0 spiro atoms. The number of hydrogen-bond donors (Lipinski definition) is 2. The van der Waals surface area contributed by atoms with Gasteiger partial charge in [0.05, 0.1) is 22.8 Å². The zero-order valence-corrected chi connectivity index (χ0v) is 51.9.